The van der Waals surface area contributed by atoms with E-state index in [-0.39, 0.29) is 36.1 Å². The number of amides is 3. The summed E-state index contributed by atoms with van der Waals surface area (Å²) in [6.07, 6.45) is -0.650. The third-order valence-electron chi connectivity index (χ3n) is 5.69. The van der Waals surface area contributed by atoms with Gasteiger partial charge in [0.05, 0.1) is 6.04 Å². The second-order valence-corrected chi connectivity index (χ2v) is 9.40. The Labute approximate surface area is 205 Å². The van der Waals surface area contributed by atoms with Gasteiger partial charge in [0.2, 0.25) is 5.91 Å². The van der Waals surface area contributed by atoms with Crippen LogP contribution in [0.2, 0.25) is 0 Å². The maximum absolute atomic E-state index is 13.1. The van der Waals surface area contributed by atoms with Crippen LogP contribution in [-0.4, -0.2) is 59.2 Å². The molecule has 0 aromatic heterocycles. The van der Waals surface area contributed by atoms with Crippen LogP contribution in [0.4, 0.5) is 0 Å². The number of epoxide rings is 1. The molecule has 1 aliphatic rings. The van der Waals surface area contributed by atoms with E-state index < -0.39 is 41.9 Å². The van der Waals surface area contributed by atoms with Gasteiger partial charge in [-0.2, -0.15) is 0 Å². The number of rotatable bonds is 15. The summed E-state index contributed by atoms with van der Waals surface area (Å²) >= 11 is 0. The summed E-state index contributed by atoms with van der Waals surface area (Å²) in [5.41, 5.74) is 6.27. The van der Waals surface area contributed by atoms with Crippen molar-refractivity contribution in [2.75, 3.05) is 6.54 Å². The van der Waals surface area contributed by atoms with Gasteiger partial charge >= 0.3 is 0 Å². The zero-order chi connectivity index (χ0) is 26.1. The molecule has 0 bridgehead atoms. The van der Waals surface area contributed by atoms with Crippen LogP contribution in [0, 0.1) is 11.8 Å². The normalized spacial score (nSPS) is 18.4. The molecule has 1 aromatic rings. The lowest BCUT2D eigenvalue weighted by Crippen LogP contribution is -2.46. The van der Waals surface area contributed by atoms with E-state index in [2.05, 4.69) is 10.6 Å². The van der Waals surface area contributed by atoms with E-state index in [4.69, 9.17) is 10.5 Å². The lowest BCUT2D eigenvalue weighted by Gasteiger charge is -2.21. The number of aromatic hydroxyl groups is 1. The van der Waals surface area contributed by atoms with E-state index in [0.29, 0.717) is 25.8 Å². The maximum atomic E-state index is 13.1. The summed E-state index contributed by atoms with van der Waals surface area (Å²) < 4.78 is 5.22. The van der Waals surface area contributed by atoms with Crippen LogP contribution in [0.25, 0.3) is 0 Å². The highest BCUT2D eigenvalue weighted by atomic mass is 16.6. The van der Waals surface area contributed by atoms with E-state index in [1.165, 1.54) is 19.1 Å². The number of hydrogen-bond donors (Lipinski definition) is 4. The number of phenols is 1. The summed E-state index contributed by atoms with van der Waals surface area (Å²) in [5.74, 6) is -2.55. The molecular formula is C25H35N3O7. The Morgan fingerprint density at radius 3 is 2.26 bits per heavy atom. The van der Waals surface area contributed by atoms with Crippen molar-refractivity contribution in [2.45, 2.75) is 71.1 Å². The van der Waals surface area contributed by atoms with Gasteiger partial charge in [0, 0.05) is 25.3 Å². The van der Waals surface area contributed by atoms with Crippen LogP contribution >= 0.6 is 0 Å². The number of ether oxygens (including phenoxy) is 1. The fourth-order valence-electron chi connectivity index (χ4n) is 3.73. The molecule has 10 heteroatoms. The Morgan fingerprint density at radius 1 is 1.06 bits per heavy atom. The summed E-state index contributed by atoms with van der Waals surface area (Å²) in [7, 11) is 0. The minimum Gasteiger partial charge on any atom is -0.508 e. The van der Waals surface area contributed by atoms with Crippen molar-refractivity contribution >= 4 is 29.3 Å². The molecule has 192 valence electrons. The number of carbonyl (C=O) groups excluding carboxylic acids is 5. The van der Waals surface area contributed by atoms with Crippen molar-refractivity contribution in [3.05, 3.63) is 29.8 Å². The fourth-order valence-corrected chi connectivity index (χ4v) is 3.73. The molecule has 3 amide bonds. The molecule has 1 fully saturated rings. The van der Waals surface area contributed by atoms with Crippen molar-refractivity contribution in [2.24, 2.45) is 17.6 Å². The number of Topliss-reactive ketones (excluding diaryl/α,β-unsaturated/α-hetero) is 2. The molecule has 0 saturated carbocycles. The zero-order valence-electron chi connectivity index (χ0n) is 20.4. The topological polar surface area (TPSA) is 168 Å². The molecule has 1 saturated heterocycles. The second-order valence-electron chi connectivity index (χ2n) is 9.40. The number of hydrogen-bond acceptors (Lipinski definition) is 7. The van der Waals surface area contributed by atoms with Crippen molar-refractivity contribution in [3.63, 3.8) is 0 Å². The first-order valence-corrected chi connectivity index (χ1v) is 11.8. The fraction of sp³-hybridized carbons (Fsp3) is 0.560. The van der Waals surface area contributed by atoms with Crippen molar-refractivity contribution < 1.29 is 33.8 Å². The number of nitrogens with one attached hydrogen (secondary N) is 2. The first kappa shape index (κ1) is 28.0. The molecule has 1 aliphatic heterocycles. The SMILES string of the molecule is CC(=O)CCCNC(=O)C1OC1C(=O)N[C@@H](CC(C)C)C(=O)CC(Cc1ccc(O)cc1)C(N)=O. The van der Waals surface area contributed by atoms with Crippen molar-refractivity contribution in [3.8, 4) is 5.75 Å². The number of carbonyl (C=O) groups is 5. The Hall–Kier alpha value is -3.27. The van der Waals surface area contributed by atoms with Gasteiger partial charge in [-0.3, -0.25) is 19.2 Å². The number of phenolic OH excluding ortho intramolecular Hbond substituents is 1. The number of primary amides is 1. The molecule has 0 radical (unpaired) electrons. The molecule has 3 unspecified atom stereocenters. The van der Waals surface area contributed by atoms with Gasteiger partial charge in [-0.15, -0.1) is 0 Å². The predicted molar refractivity (Wildman–Crippen MR) is 127 cm³/mol. The van der Waals surface area contributed by atoms with E-state index in [1.54, 1.807) is 12.1 Å². The Kier molecular flexibility index (Phi) is 10.4. The van der Waals surface area contributed by atoms with Gasteiger partial charge < -0.3 is 31.0 Å². The molecule has 1 heterocycles. The van der Waals surface area contributed by atoms with Crippen LogP contribution in [0.3, 0.4) is 0 Å². The molecule has 0 spiro atoms. The highest BCUT2D eigenvalue weighted by Gasteiger charge is 2.50. The molecule has 10 nitrogen and oxygen atoms in total. The standard InChI is InChI=1S/C25H35N3O7/c1-14(2)11-19(20(31)13-17(23(26)32)12-16-6-8-18(30)9-7-16)28-25(34)22-21(35-22)24(33)27-10-4-5-15(3)29/h6-9,14,17,19,21-22,30H,4-5,10-13H2,1-3H3,(H2,26,32)(H,27,33)(H,28,34)/t17?,19-,21?,22?/m0/s1. The third-order valence-corrected chi connectivity index (χ3v) is 5.69. The van der Waals surface area contributed by atoms with Gasteiger partial charge in [0.1, 0.15) is 11.5 Å². The highest BCUT2D eigenvalue weighted by Crippen LogP contribution is 2.24. The summed E-state index contributed by atoms with van der Waals surface area (Å²) in [6.45, 7) is 5.58. The Balaban J connectivity index is 1.93. The lowest BCUT2D eigenvalue weighted by molar-refractivity contribution is -0.131. The molecule has 35 heavy (non-hydrogen) atoms. The largest absolute Gasteiger partial charge is 0.508 e. The molecule has 0 aliphatic carbocycles. The second kappa shape index (κ2) is 13.0. The van der Waals surface area contributed by atoms with Gasteiger partial charge in [-0.05, 0) is 49.8 Å². The first-order chi connectivity index (χ1) is 16.5. The number of ketones is 2. The number of benzene rings is 1. The van der Waals surface area contributed by atoms with E-state index in [0.717, 1.165) is 5.56 Å². The monoisotopic (exact) mass is 489 g/mol. The summed E-state index contributed by atoms with van der Waals surface area (Å²) in [6, 6.07) is 5.43. The summed E-state index contributed by atoms with van der Waals surface area (Å²) in [4.78, 5) is 60.8. The van der Waals surface area contributed by atoms with Crippen LogP contribution in [0.1, 0.15) is 52.0 Å². The average molecular weight is 490 g/mol. The van der Waals surface area contributed by atoms with Gasteiger partial charge in [0.15, 0.2) is 18.0 Å². The van der Waals surface area contributed by atoms with Crippen molar-refractivity contribution in [1.29, 1.82) is 0 Å². The number of nitrogens with two attached hydrogens (primary N) is 1. The third kappa shape index (κ3) is 9.48. The van der Waals surface area contributed by atoms with Crippen LogP contribution in [-0.2, 0) is 35.1 Å². The summed E-state index contributed by atoms with van der Waals surface area (Å²) in [5, 5.41) is 14.7. The highest BCUT2D eigenvalue weighted by molar-refractivity contribution is 5.98. The molecule has 5 N–H and O–H groups in total. The van der Waals surface area contributed by atoms with Gasteiger partial charge in [-0.25, -0.2) is 0 Å². The molecule has 2 rings (SSSR count). The molecule has 1 aromatic carbocycles. The van der Waals surface area contributed by atoms with Gasteiger partial charge in [0.25, 0.3) is 11.8 Å². The van der Waals surface area contributed by atoms with Crippen LogP contribution < -0.4 is 16.4 Å². The van der Waals surface area contributed by atoms with Crippen molar-refractivity contribution in [1.82, 2.24) is 10.6 Å². The Bertz CT molecular complexity index is 929. The average Bonchev–Trinajstić information content (AvgIpc) is 3.57. The molecule has 4 atom stereocenters. The first-order valence-electron chi connectivity index (χ1n) is 11.8. The van der Waals surface area contributed by atoms with E-state index >= 15 is 0 Å². The van der Waals surface area contributed by atoms with Gasteiger partial charge in [-0.1, -0.05) is 26.0 Å². The van der Waals surface area contributed by atoms with E-state index in [9.17, 15) is 29.1 Å². The lowest BCUT2D eigenvalue weighted by atomic mass is 9.89. The zero-order valence-corrected chi connectivity index (χ0v) is 20.4. The van der Waals surface area contributed by atoms with Crippen LogP contribution in [0.15, 0.2) is 24.3 Å². The smallest absolute Gasteiger partial charge is 0.253 e. The predicted octanol–water partition coefficient (Wildman–Crippen LogP) is 0.779. The minimum absolute atomic E-state index is 0.0293. The minimum atomic E-state index is -0.991. The quantitative estimate of drug-likeness (QED) is 0.208. The van der Waals surface area contributed by atoms with Crippen LogP contribution in [0.5, 0.6) is 5.75 Å². The van der Waals surface area contributed by atoms with E-state index in [1.807, 2.05) is 13.8 Å². The maximum Gasteiger partial charge on any atom is 0.253 e. The molecular weight excluding hydrogens is 454 g/mol. The Morgan fingerprint density at radius 2 is 1.69 bits per heavy atom.